The number of anilines is 1. The van der Waals surface area contributed by atoms with Gasteiger partial charge in [-0.05, 0) is 42.3 Å². The number of rotatable bonds is 5. The van der Waals surface area contributed by atoms with Crippen LogP contribution in [0.4, 0.5) is 11.4 Å². The average Bonchev–Trinajstić information content (AvgIpc) is 2.47. The number of hydrogen-bond donors (Lipinski definition) is 2. The molecule has 0 bridgehead atoms. The molecule has 110 valence electrons. The fraction of sp³-hybridized carbons (Fsp3) is 0.143. The van der Waals surface area contributed by atoms with Gasteiger partial charge in [-0.15, -0.1) is 0 Å². The minimum Gasteiger partial charge on any atom is -0.487 e. The minimum absolute atomic E-state index is 0.0881. The first-order chi connectivity index (χ1) is 10.0. The van der Waals surface area contributed by atoms with E-state index in [1.807, 2.05) is 19.1 Å². The monoisotopic (exact) mass is 307 g/mol. The zero-order valence-electron chi connectivity index (χ0n) is 11.3. The predicted octanol–water partition coefficient (Wildman–Crippen LogP) is 3.42. The molecule has 0 aliphatic carbocycles. The van der Waals surface area contributed by atoms with Gasteiger partial charge in [-0.1, -0.05) is 17.7 Å². The number of halogens is 1. The molecule has 21 heavy (non-hydrogen) atoms. The van der Waals surface area contributed by atoms with E-state index in [4.69, 9.17) is 22.2 Å². The summed E-state index contributed by atoms with van der Waals surface area (Å²) >= 11 is 6.04. The number of hydrogen-bond acceptors (Lipinski definition) is 5. The quantitative estimate of drug-likeness (QED) is 0.502. The number of nitrogens with zero attached hydrogens (tertiary/aromatic N) is 1. The molecular formula is C14H14ClN3O3. The first-order valence-electron chi connectivity index (χ1n) is 6.14. The molecular weight excluding hydrogens is 294 g/mol. The van der Waals surface area contributed by atoms with Crippen LogP contribution in [0.1, 0.15) is 11.1 Å². The third kappa shape index (κ3) is 3.62. The Morgan fingerprint density at radius 2 is 2.10 bits per heavy atom. The van der Waals surface area contributed by atoms with E-state index in [2.05, 4.69) is 5.43 Å². The van der Waals surface area contributed by atoms with Crippen molar-refractivity contribution < 1.29 is 9.66 Å². The SMILES string of the molecule is Cc1ccc(Cl)c(OCc2ccc([N+](=O)[O-])c(NN)c2)c1. The summed E-state index contributed by atoms with van der Waals surface area (Å²) in [6.07, 6.45) is 0. The molecule has 2 aromatic carbocycles. The second kappa shape index (κ2) is 6.43. The van der Waals surface area contributed by atoms with Crippen molar-refractivity contribution in [3.05, 3.63) is 62.7 Å². The molecule has 0 saturated carbocycles. The van der Waals surface area contributed by atoms with Crippen LogP contribution in [0.2, 0.25) is 5.02 Å². The summed E-state index contributed by atoms with van der Waals surface area (Å²) in [4.78, 5) is 10.3. The van der Waals surface area contributed by atoms with Gasteiger partial charge in [0.2, 0.25) is 0 Å². The van der Waals surface area contributed by atoms with Crippen LogP contribution >= 0.6 is 11.6 Å². The molecule has 0 radical (unpaired) electrons. The van der Waals surface area contributed by atoms with Crippen LogP contribution in [0.25, 0.3) is 0 Å². The average molecular weight is 308 g/mol. The standard InChI is InChI=1S/C14H14ClN3O3/c1-9-2-4-11(15)14(6-9)21-8-10-3-5-13(18(19)20)12(7-10)17-16/h2-7,17H,8,16H2,1H3. The predicted molar refractivity (Wildman–Crippen MR) is 81.4 cm³/mol. The van der Waals surface area contributed by atoms with Gasteiger partial charge in [0.1, 0.15) is 18.0 Å². The molecule has 0 aliphatic rings. The summed E-state index contributed by atoms with van der Waals surface area (Å²) in [6, 6.07) is 10.0. The number of hydrazine groups is 1. The molecule has 0 unspecified atom stereocenters. The maximum absolute atomic E-state index is 10.8. The van der Waals surface area contributed by atoms with Crippen molar-refractivity contribution in [2.24, 2.45) is 5.84 Å². The van der Waals surface area contributed by atoms with Crippen molar-refractivity contribution in [3.63, 3.8) is 0 Å². The van der Waals surface area contributed by atoms with E-state index in [0.29, 0.717) is 10.8 Å². The molecule has 2 aromatic rings. The Morgan fingerprint density at radius 3 is 2.76 bits per heavy atom. The third-order valence-corrected chi connectivity index (χ3v) is 3.21. The number of nitrogen functional groups attached to an aromatic ring is 1. The van der Waals surface area contributed by atoms with E-state index in [-0.39, 0.29) is 18.0 Å². The van der Waals surface area contributed by atoms with Gasteiger partial charge < -0.3 is 10.2 Å². The molecule has 3 N–H and O–H groups in total. The van der Waals surface area contributed by atoms with Crippen LogP contribution in [0.5, 0.6) is 5.75 Å². The van der Waals surface area contributed by atoms with Gasteiger partial charge in [-0.25, -0.2) is 0 Å². The molecule has 0 atom stereocenters. The Balaban J connectivity index is 2.17. The topological polar surface area (TPSA) is 90.4 Å². The second-order valence-electron chi connectivity index (χ2n) is 4.48. The van der Waals surface area contributed by atoms with Crippen LogP contribution in [-0.2, 0) is 6.61 Å². The van der Waals surface area contributed by atoms with Gasteiger partial charge >= 0.3 is 0 Å². The summed E-state index contributed by atoms with van der Waals surface area (Å²) < 4.78 is 5.63. The maximum atomic E-state index is 10.8. The van der Waals surface area contributed by atoms with Gasteiger partial charge in [0.25, 0.3) is 5.69 Å². The van der Waals surface area contributed by atoms with Gasteiger partial charge in [0.15, 0.2) is 0 Å². The van der Waals surface area contributed by atoms with Gasteiger partial charge in [-0.2, -0.15) is 0 Å². The number of ether oxygens (including phenoxy) is 1. The van der Waals surface area contributed by atoms with E-state index in [1.54, 1.807) is 18.2 Å². The maximum Gasteiger partial charge on any atom is 0.293 e. The molecule has 0 saturated heterocycles. The second-order valence-corrected chi connectivity index (χ2v) is 4.88. The molecule has 0 aliphatic heterocycles. The molecule has 0 heterocycles. The molecule has 0 fully saturated rings. The first kappa shape index (κ1) is 15.1. The summed E-state index contributed by atoms with van der Waals surface area (Å²) in [6.45, 7) is 2.17. The van der Waals surface area contributed by atoms with Gasteiger partial charge in [0, 0.05) is 6.07 Å². The largest absolute Gasteiger partial charge is 0.487 e. The van der Waals surface area contributed by atoms with E-state index in [9.17, 15) is 10.1 Å². The molecule has 2 rings (SSSR count). The molecule has 6 nitrogen and oxygen atoms in total. The Labute approximate surface area is 126 Å². The van der Waals surface area contributed by atoms with E-state index >= 15 is 0 Å². The summed E-state index contributed by atoms with van der Waals surface area (Å²) in [5, 5.41) is 11.3. The first-order valence-corrected chi connectivity index (χ1v) is 6.52. The van der Waals surface area contributed by atoms with Crippen LogP contribution in [-0.4, -0.2) is 4.92 Å². The lowest BCUT2D eigenvalue weighted by Gasteiger charge is -2.10. The van der Waals surface area contributed by atoms with Crippen LogP contribution in [0.3, 0.4) is 0 Å². The summed E-state index contributed by atoms with van der Waals surface area (Å²) in [7, 11) is 0. The smallest absolute Gasteiger partial charge is 0.293 e. The highest BCUT2D eigenvalue weighted by Gasteiger charge is 2.13. The molecule has 7 heteroatoms. The highest BCUT2D eigenvalue weighted by atomic mass is 35.5. The summed E-state index contributed by atoms with van der Waals surface area (Å²) in [5.41, 5.74) is 4.23. The van der Waals surface area contributed by atoms with Crippen molar-refractivity contribution in [3.8, 4) is 5.75 Å². The Hall–Kier alpha value is -2.31. The number of nitro benzene ring substituents is 1. The number of nitro groups is 1. The lowest BCUT2D eigenvalue weighted by molar-refractivity contribution is -0.384. The zero-order valence-corrected chi connectivity index (χ0v) is 12.1. The Morgan fingerprint density at radius 1 is 1.33 bits per heavy atom. The van der Waals surface area contributed by atoms with Crippen LogP contribution < -0.4 is 16.0 Å². The molecule has 0 amide bonds. The van der Waals surface area contributed by atoms with Crippen molar-refractivity contribution in [1.82, 2.24) is 0 Å². The number of benzene rings is 2. The number of nitrogens with two attached hydrogens (primary N) is 1. The van der Waals surface area contributed by atoms with E-state index in [1.165, 1.54) is 6.07 Å². The van der Waals surface area contributed by atoms with E-state index < -0.39 is 4.92 Å². The van der Waals surface area contributed by atoms with Crippen LogP contribution in [0.15, 0.2) is 36.4 Å². The molecule has 0 spiro atoms. The summed E-state index contributed by atoms with van der Waals surface area (Å²) in [5.74, 6) is 5.86. The van der Waals surface area contributed by atoms with Crippen molar-refractivity contribution in [1.29, 1.82) is 0 Å². The van der Waals surface area contributed by atoms with Crippen molar-refractivity contribution >= 4 is 23.0 Å². The Kier molecular flexibility index (Phi) is 4.62. The fourth-order valence-electron chi connectivity index (χ4n) is 1.83. The molecule has 0 aromatic heterocycles. The Bertz CT molecular complexity index is 677. The van der Waals surface area contributed by atoms with E-state index in [0.717, 1.165) is 11.1 Å². The van der Waals surface area contributed by atoms with Gasteiger partial charge in [0.05, 0.1) is 9.95 Å². The lowest BCUT2D eigenvalue weighted by atomic mass is 10.2. The lowest BCUT2D eigenvalue weighted by Crippen LogP contribution is -2.10. The van der Waals surface area contributed by atoms with Crippen LogP contribution in [0, 0.1) is 17.0 Å². The van der Waals surface area contributed by atoms with Gasteiger partial charge in [-0.3, -0.25) is 16.0 Å². The normalized spacial score (nSPS) is 10.2. The number of nitrogens with one attached hydrogen (secondary N) is 1. The highest BCUT2D eigenvalue weighted by Crippen LogP contribution is 2.28. The number of aryl methyl sites for hydroxylation is 1. The van der Waals surface area contributed by atoms with Crippen molar-refractivity contribution in [2.75, 3.05) is 5.43 Å². The van der Waals surface area contributed by atoms with Crippen molar-refractivity contribution in [2.45, 2.75) is 13.5 Å². The highest BCUT2D eigenvalue weighted by molar-refractivity contribution is 6.32. The minimum atomic E-state index is -0.503. The fourth-order valence-corrected chi connectivity index (χ4v) is 2.00. The third-order valence-electron chi connectivity index (χ3n) is 2.89. The zero-order chi connectivity index (χ0) is 15.4.